The van der Waals surface area contributed by atoms with Gasteiger partial charge in [-0.15, -0.1) is 11.8 Å². The summed E-state index contributed by atoms with van der Waals surface area (Å²) in [6.07, 6.45) is 3.00. The Bertz CT molecular complexity index is 497. The summed E-state index contributed by atoms with van der Waals surface area (Å²) >= 11 is 1.89. The maximum absolute atomic E-state index is 4.49. The summed E-state index contributed by atoms with van der Waals surface area (Å²) in [4.78, 5) is 9.93. The fourth-order valence-electron chi connectivity index (χ4n) is 1.62. The first-order valence-corrected chi connectivity index (χ1v) is 6.81. The topological polar surface area (TPSA) is 25.8 Å². The van der Waals surface area contributed by atoms with Crippen LogP contribution in [0, 0.1) is 6.92 Å². The van der Waals surface area contributed by atoms with E-state index in [0.29, 0.717) is 0 Å². The quantitative estimate of drug-likeness (QED) is 0.761. The lowest BCUT2D eigenvalue weighted by atomic mass is 10.1. The third kappa shape index (κ3) is 3.07. The van der Waals surface area contributed by atoms with Crippen LogP contribution in [0.2, 0.25) is 0 Å². The van der Waals surface area contributed by atoms with E-state index in [1.54, 1.807) is 0 Å². The summed E-state index contributed by atoms with van der Waals surface area (Å²) in [6.45, 7) is 4.12. The molecule has 0 amide bonds. The van der Waals surface area contributed by atoms with Gasteiger partial charge in [-0.1, -0.05) is 25.1 Å². The van der Waals surface area contributed by atoms with E-state index >= 15 is 0 Å². The van der Waals surface area contributed by atoms with Crippen LogP contribution in [0.25, 0.3) is 11.3 Å². The van der Waals surface area contributed by atoms with Crippen molar-refractivity contribution >= 4 is 11.8 Å². The second-order valence-corrected chi connectivity index (χ2v) is 4.97. The van der Waals surface area contributed by atoms with Gasteiger partial charge in [0.2, 0.25) is 0 Å². The van der Waals surface area contributed by atoms with E-state index in [1.807, 2.05) is 30.9 Å². The molecule has 0 unspecified atom stereocenters. The molecule has 1 aromatic heterocycles. The molecular formula is C14H16N2S. The van der Waals surface area contributed by atoms with Crippen LogP contribution in [0.15, 0.2) is 41.4 Å². The Morgan fingerprint density at radius 2 is 2.00 bits per heavy atom. The molecule has 0 fully saturated rings. The molecule has 0 saturated heterocycles. The highest BCUT2D eigenvalue weighted by Gasteiger charge is 2.06. The van der Waals surface area contributed by atoms with Gasteiger partial charge in [0.05, 0.1) is 5.69 Å². The Kier molecular flexibility index (Phi) is 4.15. The van der Waals surface area contributed by atoms with Crippen LogP contribution in [0.1, 0.15) is 19.2 Å². The van der Waals surface area contributed by atoms with Crippen LogP contribution in [0.3, 0.4) is 0 Å². The molecule has 0 atom stereocenters. The molecule has 3 heteroatoms. The summed E-state index contributed by atoms with van der Waals surface area (Å²) in [5.74, 6) is 1.96. The molecule has 0 aliphatic heterocycles. The van der Waals surface area contributed by atoms with Crippen molar-refractivity contribution in [2.45, 2.75) is 25.2 Å². The number of rotatable bonds is 4. The minimum Gasteiger partial charge on any atom is -0.242 e. The van der Waals surface area contributed by atoms with Crippen molar-refractivity contribution in [3.63, 3.8) is 0 Å². The number of hydrogen-bond acceptors (Lipinski definition) is 3. The van der Waals surface area contributed by atoms with Crippen LogP contribution in [0.5, 0.6) is 0 Å². The first kappa shape index (κ1) is 12.1. The van der Waals surface area contributed by atoms with Crippen LogP contribution in [-0.2, 0) is 0 Å². The molecule has 0 bridgehead atoms. The summed E-state index contributed by atoms with van der Waals surface area (Å²) in [7, 11) is 0. The predicted molar refractivity (Wildman–Crippen MR) is 73.2 cm³/mol. The molecule has 2 rings (SSSR count). The van der Waals surface area contributed by atoms with E-state index in [2.05, 4.69) is 41.2 Å². The standard InChI is InChI=1S/C14H16N2S/c1-3-10-17-14-7-5-4-6-12(14)13-8-9-15-11(2)16-13/h4-9H,3,10H2,1-2H3. The molecule has 88 valence electrons. The highest BCUT2D eigenvalue weighted by Crippen LogP contribution is 2.30. The normalized spacial score (nSPS) is 10.5. The maximum atomic E-state index is 4.49. The summed E-state index contributed by atoms with van der Waals surface area (Å²) < 4.78 is 0. The largest absolute Gasteiger partial charge is 0.242 e. The average Bonchev–Trinajstić information content (AvgIpc) is 2.37. The van der Waals surface area contributed by atoms with Gasteiger partial charge < -0.3 is 0 Å². The summed E-state index contributed by atoms with van der Waals surface area (Å²) in [5.41, 5.74) is 2.22. The number of hydrogen-bond donors (Lipinski definition) is 0. The minimum atomic E-state index is 0.817. The third-order valence-electron chi connectivity index (χ3n) is 2.40. The zero-order chi connectivity index (χ0) is 12.1. The van der Waals surface area contributed by atoms with E-state index in [0.717, 1.165) is 17.3 Å². The Balaban J connectivity index is 2.37. The highest BCUT2D eigenvalue weighted by atomic mass is 32.2. The van der Waals surface area contributed by atoms with Gasteiger partial charge in [-0.25, -0.2) is 9.97 Å². The smallest absolute Gasteiger partial charge is 0.125 e. The number of thioether (sulfide) groups is 1. The molecule has 0 N–H and O–H groups in total. The molecule has 0 aliphatic rings. The SMILES string of the molecule is CCCSc1ccccc1-c1ccnc(C)n1. The molecule has 17 heavy (non-hydrogen) atoms. The molecule has 1 heterocycles. The molecule has 0 aliphatic carbocycles. The molecular weight excluding hydrogens is 228 g/mol. The number of aryl methyl sites for hydroxylation is 1. The van der Waals surface area contributed by atoms with Crippen molar-refractivity contribution < 1.29 is 0 Å². The second kappa shape index (κ2) is 5.82. The lowest BCUT2D eigenvalue weighted by Crippen LogP contribution is -1.91. The Morgan fingerprint density at radius 1 is 1.18 bits per heavy atom. The zero-order valence-corrected chi connectivity index (χ0v) is 11.0. The lowest BCUT2D eigenvalue weighted by molar-refractivity contribution is 1.05. The second-order valence-electron chi connectivity index (χ2n) is 3.83. The van der Waals surface area contributed by atoms with Crippen LogP contribution in [0.4, 0.5) is 0 Å². The molecule has 0 radical (unpaired) electrons. The molecule has 2 aromatic rings. The monoisotopic (exact) mass is 244 g/mol. The van der Waals surface area contributed by atoms with Gasteiger partial charge in [0.25, 0.3) is 0 Å². The van der Waals surface area contributed by atoms with Gasteiger partial charge in [0.1, 0.15) is 5.82 Å². The number of aromatic nitrogens is 2. The Labute approximate surface area is 107 Å². The third-order valence-corrected chi connectivity index (χ3v) is 3.68. The molecule has 2 nitrogen and oxygen atoms in total. The summed E-state index contributed by atoms with van der Waals surface area (Å²) in [6, 6.07) is 10.4. The van der Waals surface area contributed by atoms with Crippen molar-refractivity contribution in [1.29, 1.82) is 0 Å². The van der Waals surface area contributed by atoms with Crippen LogP contribution in [-0.4, -0.2) is 15.7 Å². The molecule has 0 saturated carbocycles. The van der Waals surface area contributed by atoms with Crippen molar-refractivity contribution in [3.8, 4) is 11.3 Å². The van der Waals surface area contributed by atoms with E-state index in [9.17, 15) is 0 Å². The van der Waals surface area contributed by atoms with Crippen LogP contribution >= 0.6 is 11.8 Å². The number of benzene rings is 1. The predicted octanol–water partition coefficient (Wildman–Crippen LogP) is 3.95. The van der Waals surface area contributed by atoms with E-state index < -0.39 is 0 Å². The van der Waals surface area contributed by atoms with E-state index in [1.165, 1.54) is 16.9 Å². The van der Waals surface area contributed by atoms with Crippen molar-refractivity contribution in [2.24, 2.45) is 0 Å². The van der Waals surface area contributed by atoms with Gasteiger partial charge in [-0.3, -0.25) is 0 Å². The number of nitrogens with zero attached hydrogens (tertiary/aromatic N) is 2. The Morgan fingerprint density at radius 3 is 2.76 bits per heavy atom. The minimum absolute atomic E-state index is 0.817. The van der Waals surface area contributed by atoms with Gasteiger partial charge in [-0.05, 0) is 31.2 Å². The average molecular weight is 244 g/mol. The zero-order valence-electron chi connectivity index (χ0n) is 10.2. The first-order valence-electron chi connectivity index (χ1n) is 5.83. The van der Waals surface area contributed by atoms with E-state index in [-0.39, 0.29) is 0 Å². The van der Waals surface area contributed by atoms with E-state index in [4.69, 9.17) is 0 Å². The first-order chi connectivity index (χ1) is 8.31. The van der Waals surface area contributed by atoms with Gasteiger partial charge in [0, 0.05) is 16.7 Å². The van der Waals surface area contributed by atoms with Crippen molar-refractivity contribution in [1.82, 2.24) is 9.97 Å². The van der Waals surface area contributed by atoms with Gasteiger partial charge in [-0.2, -0.15) is 0 Å². The molecule has 0 spiro atoms. The van der Waals surface area contributed by atoms with Gasteiger partial charge in [0.15, 0.2) is 0 Å². The summed E-state index contributed by atoms with van der Waals surface area (Å²) in [5, 5.41) is 0. The lowest BCUT2D eigenvalue weighted by Gasteiger charge is -2.08. The van der Waals surface area contributed by atoms with Crippen molar-refractivity contribution in [2.75, 3.05) is 5.75 Å². The highest BCUT2D eigenvalue weighted by molar-refractivity contribution is 7.99. The fourth-order valence-corrected chi connectivity index (χ4v) is 2.55. The maximum Gasteiger partial charge on any atom is 0.125 e. The fraction of sp³-hybridized carbons (Fsp3) is 0.286. The van der Waals surface area contributed by atoms with Crippen LogP contribution < -0.4 is 0 Å². The van der Waals surface area contributed by atoms with Crippen molar-refractivity contribution in [3.05, 3.63) is 42.4 Å². The van der Waals surface area contributed by atoms with Gasteiger partial charge >= 0.3 is 0 Å². The Hall–Kier alpha value is -1.35. The molecule has 1 aromatic carbocycles.